The van der Waals surface area contributed by atoms with Gasteiger partial charge in [-0.25, -0.2) is 0 Å². The van der Waals surface area contributed by atoms with Gasteiger partial charge in [-0.2, -0.15) is 8.42 Å². The normalized spacial score (nSPS) is 18.3. The van der Waals surface area contributed by atoms with Gasteiger partial charge in [-0.1, -0.05) is 29.3 Å². The van der Waals surface area contributed by atoms with Gasteiger partial charge in [-0.15, -0.1) is 0 Å². The third kappa shape index (κ3) is 5.35. The zero-order chi connectivity index (χ0) is 27.9. The maximum Gasteiger partial charge on any atom is 0.339 e. The van der Waals surface area contributed by atoms with Crippen molar-refractivity contribution in [1.82, 2.24) is 4.90 Å². The van der Waals surface area contributed by atoms with E-state index in [0.29, 0.717) is 60.3 Å². The number of carbonyl (C=O) groups is 3. The lowest BCUT2D eigenvalue weighted by Gasteiger charge is -2.44. The second-order valence-electron chi connectivity index (χ2n) is 9.68. The van der Waals surface area contributed by atoms with Gasteiger partial charge in [-0.05, 0) is 67.6 Å². The molecule has 3 aliphatic rings. The Bertz CT molecular complexity index is 1500. The van der Waals surface area contributed by atoms with Gasteiger partial charge in [0.05, 0.1) is 11.4 Å². The molecule has 2 aliphatic carbocycles. The summed E-state index contributed by atoms with van der Waals surface area (Å²) in [6.45, 7) is 0.177. The van der Waals surface area contributed by atoms with E-state index in [-0.39, 0.29) is 40.2 Å². The number of allylic oxidation sites excluding steroid dienone is 4. The summed E-state index contributed by atoms with van der Waals surface area (Å²) in [6.07, 6.45) is 3.00. The Morgan fingerprint density at radius 3 is 2.05 bits per heavy atom. The summed E-state index contributed by atoms with van der Waals surface area (Å²) in [5.74, 6) is -1.90. The molecule has 204 valence electrons. The molecule has 0 spiro atoms. The molecule has 0 aromatic heterocycles. The maximum atomic E-state index is 13.3. The Balaban J connectivity index is 1.56. The summed E-state index contributed by atoms with van der Waals surface area (Å²) in [5, 5.41) is 9.71. The first-order valence-electron chi connectivity index (χ1n) is 12.6. The SMILES string of the molecule is O=C(O)CCN1C2=C(C(=O)CCC2)C(c2ccc(OS(=O)(=O)c3ccc(Cl)cc3)c(Cl)c2)C2=C1CCCC2=O. The monoisotopic (exact) mass is 589 g/mol. The smallest absolute Gasteiger partial charge is 0.339 e. The second-order valence-corrected chi connectivity index (χ2v) is 12.1. The van der Waals surface area contributed by atoms with Crippen LogP contribution in [-0.2, 0) is 24.5 Å². The van der Waals surface area contributed by atoms with Crippen LogP contribution in [0.15, 0.2) is 69.9 Å². The molecule has 8 nitrogen and oxygen atoms in total. The Kier molecular flexibility index (Phi) is 7.59. The van der Waals surface area contributed by atoms with Crippen molar-refractivity contribution in [3.8, 4) is 5.75 Å². The van der Waals surface area contributed by atoms with Crippen LogP contribution in [0.5, 0.6) is 5.75 Å². The molecule has 0 fully saturated rings. The van der Waals surface area contributed by atoms with Crippen LogP contribution in [0, 0.1) is 0 Å². The molecular weight excluding hydrogens is 565 g/mol. The number of carboxylic acid groups (broad SMARTS) is 1. The van der Waals surface area contributed by atoms with E-state index in [4.69, 9.17) is 27.4 Å². The van der Waals surface area contributed by atoms with E-state index in [9.17, 15) is 27.9 Å². The first-order valence-corrected chi connectivity index (χ1v) is 14.7. The molecule has 39 heavy (non-hydrogen) atoms. The predicted octanol–water partition coefficient (Wildman–Crippen LogP) is 5.65. The molecule has 2 aromatic carbocycles. The molecule has 1 aliphatic heterocycles. The van der Waals surface area contributed by atoms with Gasteiger partial charge >= 0.3 is 16.1 Å². The molecule has 0 atom stereocenters. The number of hydrogen-bond donors (Lipinski definition) is 1. The van der Waals surface area contributed by atoms with Crippen LogP contribution in [0.4, 0.5) is 0 Å². The van der Waals surface area contributed by atoms with Crippen molar-refractivity contribution < 1.29 is 32.1 Å². The molecule has 1 heterocycles. The first kappa shape index (κ1) is 27.4. The van der Waals surface area contributed by atoms with E-state index in [0.717, 1.165) is 11.4 Å². The number of ketones is 2. The van der Waals surface area contributed by atoms with E-state index in [1.54, 1.807) is 6.07 Å². The van der Waals surface area contributed by atoms with Crippen molar-refractivity contribution in [2.24, 2.45) is 0 Å². The first-order chi connectivity index (χ1) is 18.6. The minimum atomic E-state index is -4.19. The highest BCUT2D eigenvalue weighted by Gasteiger charge is 2.43. The van der Waals surface area contributed by atoms with Crippen LogP contribution >= 0.6 is 23.2 Å². The number of nitrogens with zero attached hydrogens (tertiary/aromatic N) is 1. The summed E-state index contributed by atoms with van der Waals surface area (Å²) in [4.78, 5) is 39.8. The second kappa shape index (κ2) is 10.8. The molecule has 0 amide bonds. The minimum absolute atomic E-state index is 0.00848. The number of rotatable bonds is 7. The standard InChI is InChI=1S/C28H25Cl2NO7S/c29-17-8-10-18(11-9-17)39(36,37)38-24-12-7-16(15-19(24)30)26-27-20(3-1-5-22(27)32)31(14-13-25(34)35)21-4-2-6-23(33)28(21)26/h7-12,15,26H,1-6,13-14H2,(H,34,35). The summed E-state index contributed by atoms with van der Waals surface area (Å²) in [5.41, 5.74) is 3.05. The van der Waals surface area contributed by atoms with Crippen LogP contribution in [0.25, 0.3) is 0 Å². The van der Waals surface area contributed by atoms with Gasteiger partial charge in [0, 0.05) is 52.9 Å². The maximum absolute atomic E-state index is 13.3. The van der Waals surface area contributed by atoms with Gasteiger partial charge in [-0.3, -0.25) is 14.4 Å². The van der Waals surface area contributed by atoms with Gasteiger partial charge < -0.3 is 14.2 Å². The molecule has 5 rings (SSSR count). The van der Waals surface area contributed by atoms with Crippen molar-refractivity contribution >= 4 is 50.9 Å². The van der Waals surface area contributed by atoms with E-state index in [2.05, 4.69) is 0 Å². The fraction of sp³-hybridized carbons (Fsp3) is 0.321. The van der Waals surface area contributed by atoms with Gasteiger partial charge in [0.15, 0.2) is 17.3 Å². The number of hydrogen-bond acceptors (Lipinski definition) is 7. The largest absolute Gasteiger partial charge is 0.481 e. The third-order valence-electron chi connectivity index (χ3n) is 7.23. The molecule has 0 saturated carbocycles. The van der Waals surface area contributed by atoms with Crippen LogP contribution in [0.2, 0.25) is 10.0 Å². The van der Waals surface area contributed by atoms with Gasteiger partial charge in [0.2, 0.25) is 0 Å². The van der Waals surface area contributed by atoms with Crippen molar-refractivity contribution in [1.29, 1.82) is 0 Å². The van der Waals surface area contributed by atoms with E-state index >= 15 is 0 Å². The summed E-state index contributed by atoms with van der Waals surface area (Å²) in [6, 6.07) is 10.1. The molecule has 0 bridgehead atoms. The molecule has 0 unspecified atom stereocenters. The molecule has 0 radical (unpaired) electrons. The molecule has 2 aromatic rings. The van der Waals surface area contributed by atoms with Crippen LogP contribution in [0.3, 0.4) is 0 Å². The summed E-state index contributed by atoms with van der Waals surface area (Å²) < 4.78 is 30.9. The van der Waals surface area contributed by atoms with Crippen molar-refractivity contribution in [2.45, 2.75) is 55.8 Å². The highest BCUT2D eigenvalue weighted by Crippen LogP contribution is 2.50. The lowest BCUT2D eigenvalue weighted by Crippen LogP contribution is -2.39. The number of carbonyl (C=O) groups excluding carboxylic acids is 2. The Morgan fingerprint density at radius 2 is 1.51 bits per heavy atom. The number of Topliss-reactive ketones (excluding diaryl/α,β-unsaturated/α-hetero) is 2. The van der Waals surface area contributed by atoms with Gasteiger partial charge in [0.25, 0.3) is 0 Å². The van der Waals surface area contributed by atoms with Gasteiger partial charge in [0.1, 0.15) is 4.90 Å². The number of benzene rings is 2. The van der Waals surface area contributed by atoms with E-state index < -0.39 is 22.0 Å². The minimum Gasteiger partial charge on any atom is -0.481 e. The summed E-state index contributed by atoms with van der Waals surface area (Å²) in [7, 11) is -4.19. The highest BCUT2D eigenvalue weighted by atomic mass is 35.5. The third-order valence-corrected chi connectivity index (χ3v) is 9.02. The average Bonchev–Trinajstić information content (AvgIpc) is 2.88. The van der Waals surface area contributed by atoms with Crippen LogP contribution < -0.4 is 4.18 Å². The summed E-state index contributed by atoms with van der Waals surface area (Å²) >= 11 is 12.4. The fourth-order valence-corrected chi connectivity index (χ4v) is 6.91. The zero-order valence-corrected chi connectivity index (χ0v) is 23.1. The Morgan fingerprint density at radius 1 is 0.923 bits per heavy atom. The zero-order valence-electron chi connectivity index (χ0n) is 20.8. The lowest BCUT2D eigenvalue weighted by atomic mass is 9.71. The van der Waals surface area contributed by atoms with E-state index in [1.807, 2.05) is 4.90 Å². The lowest BCUT2D eigenvalue weighted by molar-refractivity contribution is -0.137. The van der Waals surface area contributed by atoms with Crippen LogP contribution in [-0.4, -0.2) is 42.5 Å². The fourth-order valence-electron chi connectivity index (χ4n) is 5.56. The molecule has 1 N–H and O–H groups in total. The predicted molar refractivity (Wildman–Crippen MR) is 144 cm³/mol. The number of carboxylic acids is 1. The Labute approximate surface area is 236 Å². The van der Waals surface area contributed by atoms with Crippen molar-refractivity contribution in [3.05, 3.63) is 80.6 Å². The highest BCUT2D eigenvalue weighted by molar-refractivity contribution is 7.87. The molecule has 0 saturated heterocycles. The molecule has 11 heteroatoms. The molecular formula is C28H25Cl2NO7S. The quantitative estimate of drug-likeness (QED) is 0.411. The van der Waals surface area contributed by atoms with Crippen LogP contribution in [0.1, 0.15) is 56.4 Å². The Hall–Kier alpha value is -3.14. The topological polar surface area (TPSA) is 118 Å². The van der Waals surface area contributed by atoms with Crippen molar-refractivity contribution in [3.63, 3.8) is 0 Å². The van der Waals surface area contributed by atoms with Crippen molar-refractivity contribution in [2.75, 3.05) is 6.54 Å². The number of aliphatic carboxylic acids is 1. The average molecular weight is 590 g/mol. The number of halogens is 2. The van der Waals surface area contributed by atoms with E-state index in [1.165, 1.54) is 36.4 Å².